The summed E-state index contributed by atoms with van der Waals surface area (Å²) in [4.78, 5) is 7.01. The molecule has 0 radical (unpaired) electrons. The number of aliphatic imine (C=N–C) groups is 1. The second-order valence-electron chi connectivity index (χ2n) is 6.14. The lowest BCUT2D eigenvalue weighted by Crippen LogP contribution is -2.51. The van der Waals surface area contributed by atoms with Gasteiger partial charge in [-0.05, 0) is 29.8 Å². The quantitative estimate of drug-likeness (QED) is 0.941. The van der Waals surface area contributed by atoms with Gasteiger partial charge < -0.3 is 15.0 Å². The molecule has 1 N–H and O–H groups in total. The summed E-state index contributed by atoms with van der Waals surface area (Å²) in [6.07, 6.45) is 2.95. The second-order valence-corrected chi connectivity index (χ2v) is 6.14. The number of piperazine rings is 1. The van der Waals surface area contributed by atoms with Crippen LogP contribution in [0.25, 0.3) is 0 Å². The summed E-state index contributed by atoms with van der Waals surface area (Å²) in [6, 6.07) is 13.1. The third-order valence-corrected chi connectivity index (χ3v) is 4.54. The van der Waals surface area contributed by atoms with Crippen molar-refractivity contribution < 1.29 is 9.13 Å². The standard InChI is InChI=1S/C19H20FN3O/c20-16-3-1-2-4-19(16)24-13-14-5-6-17-18(11-14)23-10-9-21-12-15(23)7-8-22-17/h1-6,8,11,15,21H,7,9-10,12-13H2. The van der Waals surface area contributed by atoms with Gasteiger partial charge in [0.25, 0.3) is 0 Å². The van der Waals surface area contributed by atoms with Crippen LogP contribution in [0.2, 0.25) is 0 Å². The predicted octanol–water partition coefficient (Wildman–Crippen LogP) is 3.29. The molecule has 5 heteroatoms. The molecule has 1 saturated heterocycles. The van der Waals surface area contributed by atoms with Crippen LogP contribution in [0.5, 0.6) is 5.75 Å². The minimum atomic E-state index is -0.334. The Morgan fingerprint density at radius 2 is 2.17 bits per heavy atom. The van der Waals surface area contributed by atoms with Crippen molar-refractivity contribution in [3.8, 4) is 5.75 Å². The minimum Gasteiger partial charge on any atom is -0.486 e. The van der Waals surface area contributed by atoms with Crippen LogP contribution in [-0.4, -0.2) is 31.9 Å². The van der Waals surface area contributed by atoms with E-state index in [0.717, 1.165) is 43.0 Å². The molecule has 0 saturated carbocycles. The molecular weight excluding hydrogens is 305 g/mol. The van der Waals surface area contributed by atoms with Crippen molar-refractivity contribution in [2.75, 3.05) is 24.5 Å². The van der Waals surface area contributed by atoms with Crippen molar-refractivity contribution in [1.82, 2.24) is 5.32 Å². The summed E-state index contributed by atoms with van der Waals surface area (Å²) in [7, 11) is 0. The van der Waals surface area contributed by atoms with E-state index in [0.29, 0.717) is 12.6 Å². The van der Waals surface area contributed by atoms with Gasteiger partial charge in [0.15, 0.2) is 11.6 Å². The number of rotatable bonds is 3. The molecule has 24 heavy (non-hydrogen) atoms. The van der Waals surface area contributed by atoms with Crippen LogP contribution in [0.3, 0.4) is 0 Å². The summed E-state index contributed by atoms with van der Waals surface area (Å²) < 4.78 is 19.3. The number of benzene rings is 2. The lowest BCUT2D eigenvalue weighted by atomic mass is 10.1. The number of hydrogen-bond donors (Lipinski definition) is 1. The Morgan fingerprint density at radius 1 is 1.25 bits per heavy atom. The fourth-order valence-corrected chi connectivity index (χ4v) is 3.28. The second kappa shape index (κ2) is 6.61. The summed E-state index contributed by atoms with van der Waals surface area (Å²) in [5, 5.41) is 3.44. The average molecular weight is 325 g/mol. The van der Waals surface area contributed by atoms with Crippen LogP contribution in [0, 0.1) is 5.82 Å². The molecule has 2 aromatic rings. The van der Waals surface area contributed by atoms with E-state index in [9.17, 15) is 4.39 Å². The predicted molar refractivity (Wildman–Crippen MR) is 93.9 cm³/mol. The van der Waals surface area contributed by atoms with E-state index < -0.39 is 0 Å². The van der Waals surface area contributed by atoms with E-state index in [2.05, 4.69) is 21.3 Å². The van der Waals surface area contributed by atoms with Crippen LogP contribution in [0.1, 0.15) is 12.0 Å². The first-order valence-corrected chi connectivity index (χ1v) is 8.31. The minimum absolute atomic E-state index is 0.283. The fourth-order valence-electron chi connectivity index (χ4n) is 3.28. The van der Waals surface area contributed by atoms with E-state index in [-0.39, 0.29) is 11.6 Å². The smallest absolute Gasteiger partial charge is 0.165 e. The van der Waals surface area contributed by atoms with Gasteiger partial charge in [0.2, 0.25) is 0 Å². The molecule has 1 atom stereocenters. The number of fused-ring (bicyclic) bond motifs is 3. The van der Waals surface area contributed by atoms with Gasteiger partial charge >= 0.3 is 0 Å². The van der Waals surface area contributed by atoms with Gasteiger partial charge in [0, 0.05) is 38.3 Å². The summed E-state index contributed by atoms with van der Waals surface area (Å²) >= 11 is 0. The van der Waals surface area contributed by atoms with Crippen molar-refractivity contribution in [3.63, 3.8) is 0 Å². The molecule has 2 aromatic carbocycles. The molecule has 4 rings (SSSR count). The Kier molecular flexibility index (Phi) is 4.17. The van der Waals surface area contributed by atoms with E-state index in [4.69, 9.17) is 4.74 Å². The SMILES string of the molecule is Fc1ccccc1OCc1ccc2c(c1)N1CCNCC1CC=N2. The van der Waals surface area contributed by atoms with Gasteiger partial charge in [0.05, 0.1) is 11.4 Å². The monoisotopic (exact) mass is 325 g/mol. The molecule has 2 aliphatic heterocycles. The molecule has 1 unspecified atom stereocenters. The van der Waals surface area contributed by atoms with Gasteiger partial charge in [-0.2, -0.15) is 0 Å². The maximum atomic E-state index is 13.7. The van der Waals surface area contributed by atoms with Crippen molar-refractivity contribution in [2.24, 2.45) is 4.99 Å². The molecule has 0 aromatic heterocycles. The molecule has 0 aliphatic carbocycles. The molecule has 2 aliphatic rings. The van der Waals surface area contributed by atoms with Crippen LogP contribution in [0.4, 0.5) is 15.8 Å². The molecular formula is C19H20FN3O. The lowest BCUT2D eigenvalue weighted by molar-refractivity contribution is 0.290. The number of nitrogens with zero attached hydrogens (tertiary/aromatic N) is 2. The molecule has 0 spiro atoms. The van der Waals surface area contributed by atoms with Crippen molar-refractivity contribution >= 4 is 17.6 Å². The Balaban J connectivity index is 1.57. The van der Waals surface area contributed by atoms with Crippen molar-refractivity contribution in [2.45, 2.75) is 19.1 Å². The maximum Gasteiger partial charge on any atom is 0.165 e. The Labute approximate surface area is 141 Å². The highest BCUT2D eigenvalue weighted by molar-refractivity contribution is 5.77. The number of hydrogen-bond acceptors (Lipinski definition) is 4. The number of para-hydroxylation sites is 1. The van der Waals surface area contributed by atoms with Crippen molar-refractivity contribution in [3.05, 3.63) is 53.8 Å². The molecule has 1 fully saturated rings. The summed E-state index contributed by atoms with van der Waals surface area (Å²) in [5.41, 5.74) is 3.16. The molecule has 4 nitrogen and oxygen atoms in total. The third kappa shape index (κ3) is 2.99. The zero-order valence-corrected chi connectivity index (χ0v) is 13.4. The number of halogens is 1. The highest BCUT2D eigenvalue weighted by Crippen LogP contribution is 2.34. The first-order chi connectivity index (χ1) is 11.8. The van der Waals surface area contributed by atoms with Gasteiger partial charge in [0.1, 0.15) is 6.61 Å². The van der Waals surface area contributed by atoms with Crippen LogP contribution in [-0.2, 0) is 6.61 Å². The van der Waals surface area contributed by atoms with E-state index in [1.807, 2.05) is 18.3 Å². The van der Waals surface area contributed by atoms with Gasteiger partial charge in [-0.25, -0.2) is 4.39 Å². The zero-order valence-electron chi connectivity index (χ0n) is 13.4. The fraction of sp³-hybridized carbons (Fsp3) is 0.316. The largest absolute Gasteiger partial charge is 0.486 e. The normalized spacial score (nSPS) is 19.4. The first kappa shape index (κ1) is 15.1. The number of nitrogens with one attached hydrogen (secondary N) is 1. The highest BCUT2D eigenvalue weighted by Gasteiger charge is 2.25. The average Bonchev–Trinajstić information content (AvgIpc) is 2.80. The third-order valence-electron chi connectivity index (χ3n) is 4.54. The van der Waals surface area contributed by atoms with E-state index >= 15 is 0 Å². The van der Waals surface area contributed by atoms with Gasteiger partial charge in [-0.15, -0.1) is 0 Å². The van der Waals surface area contributed by atoms with Gasteiger partial charge in [-0.1, -0.05) is 18.2 Å². The molecule has 2 heterocycles. The number of anilines is 1. The maximum absolute atomic E-state index is 13.7. The Hall–Kier alpha value is -2.40. The van der Waals surface area contributed by atoms with Crippen LogP contribution in [0.15, 0.2) is 47.5 Å². The van der Waals surface area contributed by atoms with Crippen LogP contribution >= 0.6 is 0 Å². The van der Waals surface area contributed by atoms with Crippen molar-refractivity contribution in [1.29, 1.82) is 0 Å². The van der Waals surface area contributed by atoms with Gasteiger partial charge in [-0.3, -0.25) is 4.99 Å². The molecule has 0 bridgehead atoms. The number of ether oxygens (including phenoxy) is 1. The molecule has 124 valence electrons. The molecule has 0 amide bonds. The van der Waals surface area contributed by atoms with E-state index in [1.165, 1.54) is 6.07 Å². The lowest BCUT2D eigenvalue weighted by Gasteiger charge is -2.37. The topological polar surface area (TPSA) is 36.9 Å². The Morgan fingerprint density at radius 3 is 3.08 bits per heavy atom. The summed E-state index contributed by atoms with van der Waals surface area (Å²) in [5.74, 6) is -0.0514. The first-order valence-electron chi connectivity index (χ1n) is 8.31. The summed E-state index contributed by atoms with van der Waals surface area (Å²) in [6.45, 7) is 3.26. The Bertz CT molecular complexity index is 762. The highest BCUT2D eigenvalue weighted by atomic mass is 19.1. The van der Waals surface area contributed by atoms with Crippen LogP contribution < -0.4 is 15.0 Å². The zero-order chi connectivity index (χ0) is 16.4. The van der Waals surface area contributed by atoms with E-state index in [1.54, 1.807) is 18.2 Å².